The first-order valence-electron chi connectivity index (χ1n) is 3.79. The van der Waals surface area contributed by atoms with Crippen molar-refractivity contribution in [1.29, 1.82) is 0 Å². The highest BCUT2D eigenvalue weighted by Crippen LogP contribution is 2.19. The second kappa shape index (κ2) is 3.55. The maximum Gasteiger partial charge on any atom is 0.124 e. The number of rotatable bonds is 3. The molecule has 0 aliphatic carbocycles. The largest absolute Gasteiger partial charge is 0.467 e. The predicted molar refractivity (Wildman–Crippen MR) is 43.8 cm³/mol. The summed E-state index contributed by atoms with van der Waals surface area (Å²) in [5.74, 6) is 6.27. The number of nitrogens with one attached hydrogen (secondary N) is 1. The van der Waals surface area contributed by atoms with E-state index < -0.39 is 0 Å². The first-order chi connectivity index (χ1) is 5.29. The third kappa shape index (κ3) is 1.61. The van der Waals surface area contributed by atoms with Gasteiger partial charge in [0.25, 0.3) is 0 Å². The van der Waals surface area contributed by atoms with Crippen molar-refractivity contribution in [2.45, 2.75) is 26.3 Å². The minimum atomic E-state index is 0.144. The van der Waals surface area contributed by atoms with E-state index in [1.54, 1.807) is 6.26 Å². The molecule has 0 aliphatic rings. The number of hydrazine groups is 1. The van der Waals surface area contributed by atoms with Crippen LogP contribution in [0.1, 0.15) is 30.7 Å². The van der Waals surface area contributed by atoms with E-state index in [9.17, 15) is 0 Å². The summed E-state index contributed by atoms with van der Waals surface area (Å²) >= 11 is 0. The van der Waals surface area contributed by atoms with Crippen molar-refractivity contribution in [3.63, 3.8) is 0 Å². The topological polar surface area (TPSA) is 51.2 Å². The highest BCUT2D eigenvalue weighted by molar-refractivity contribution is 5.17. The second-order valence-corrected chi connectivity index (χ2v) is 2.60. The molecule has 0 bridgehead atoms. The zero-order valence-corrected chi connectivity index (χ0v) is 6.92. The average molecular weight is 154 g/mol. The monoisotopic (exact) mass is 154 g/mol. The predicted octanol–water partition coefficient (Wildman–Crippen LogP) is 1.50. The van der Waals surface area contributed by atoms with Crippen LogP contribution >= 0.6 is 0 Å². The van der Waals surface area contributed by atoms with Gasteiger partial charge in [0, 0.05) is 0 Å². The number of nitrogens with two attached hydrogens (primary N) is 1. The molecule has 0 saturated heterocycles. The molecule has 11 heavy (non-hydrogen) atoms. The summed E-state index contributed by atoms with van der Waals surface area (Å²) in [6.45, 7) is 4.07. The third-order valence-corrected chi connectivity index (χ3v) is 1.83. The summed E-state index contributed by atoms with van der Waals surface area (Å²) in [5.41, 5.74) is 3.85. The average Bonchev–Trinajstić information content (AvgIpc) is 2.40. The van der Waals surface area contributed by atoms with Gasteiger partial charge >= 0.3 is 0 Å². The van der Waals surface area contributed by atoms with Crippen LogP contribution < -0.4 is 11.3 Å². The summed E-state index contributed by atoms with van der Waals surface area (Å²) in [7, 11) is 0. The molecule has 0 aliphatic heterocycles. The van der Waals surface area contributed by atoms with E-state index in [0.717, 1.165) is 17.7 Å². The van der Waals surface area contributed by atoms with Crippen LogP contribution in [0.25, 0.3) is 0 Å². The first-order valence-corrected chi connectivity index (χ1v) is 3.79. The number of aryl methyl sites for hydroxylation is 1. The number of hydrogen-bond acceptors (Lipinski definition) is 3. The highest BCUT2D eigenvalue weighted by atomic mass is 16.3. The molecule has 0 amide bonds. The zero-order valence-electron chi connectivity index (χ0n) is 6.92. The lowest BCUT2D eigenvalue weighted by molar-refractivity contribution is 0.407. The number of furan rings is 1. The van der Waals surface area contributed by atoms with Gasteiger partial charge in [0.15, 0.2) is 0 Å². The molecule has 0 spiro atoms. The molecule has 3 N–H and O–H groups in total. The molecule has 3 nitrogen and oxygen atoms in total. The van der Waals surface area contributed by atoms with E-state index in [1.807, 2.05) is 13.0 Å². The van der Waals surface area contributed by atoms with Crippen molar-refractivity contribution in [2.24, 2.45) is 5.84 Å². The summed E-state index contributed by atoms with van der Waals surface area (Å²) < 4.78 is 5.27. The Hall–Kier alpha value is -0.800. The molecule has 1 unspecified atom stereocenters. The van der Waals surface area contributed by atoms with Crippen LogP contribution in [0.5, 0.6) is 0 Å². The lowest BCUT2D eigenvalue weighted by Crippen LogP contribution is -2.27. The van der Waals surface area contributed by atoms with Crippen LogP contribution in [-0.4, -0.2) is 0 Å². The van der Waals surface area contributed by atoms with E-state index in [1.165, 1.54) is 0 Å². The van der Waals surface area contributed by atoms with Crippen molar-refractivity contribution in [3.8, 4) is 0 Å². The van der Waals surface area contributed by atoms with Crippen LogP contribution in [0, 0.1) is 6.92 Å². The molecule has 0 aromatic carbocycles. The molecular weight excluding hydrogens is 140 g/mol. The van der Waals surface area contributed by atoms with Gasteiger partial charge in [-0.3, -0.25) is 5.84 Å². The third-order valence-electron chi connectivity index (χ3n) is 1.83. The van der Waals surface area contributed by atoms with E-state index in [-0.39, 0.29) is 6.04 Å². The summed E-state index contributed by atoms with van der Waals surface area (Å²) in [6, 6.07) is 2.08. The van der Waals surface area contributed by atoms with Gasteiger partial charge in [-0.05, 0) is 25.0 Å². The van der Waals surface area contributed by atoms with Crippen molar-refractivity contribution in [1.82, 2.24) is 5.43 Å². The minimum absolute atomic E-state index is 0.144. The Morgan fingerprint density at radius 1 is 1.73 bits per heavy atom. The Balaban J connectivity index is 2.81. The van der Waals surface area contributed by atoms with Crippen molar-refractivity contribution in [3.05, 3.63) is 23.7 Å². The molecule has 3 heteroatoms. The molecule has 1 aromatic heterocycles. The molecule has 1 atom stereocenters. The molecule has 62 valence electrons. The van der Waals surface area contributed by atoms with Crippen LogP contribution in [0.2, 0.25) is 0 Å². The Morgan fingerprint density at radius 3 is 2.82 bits per heavy atom. The quantitative estimate of drug-likeness (QED) is 0.512. The molecule has 1 aromatic rings. The van der Waals surface area contributed by atoms with Gasteiger partial charge in [0.05, 0.1) is 12.3 Å². The van der Waals surface area contributed by atoms with Crippen molar-refractivity contribution < 1.29 is 4.42 Å². The minimum Gasteiger partial charge on any atom is -0.467 e. The smallest absolute Gasteiger partial charge is 0.124 e. The Kier molecular flexibility index (Phi) is 2.68. The molecule has 1 rings (SSSR count). The lowest BCUT2D eigenvalue weighted by Gasteiger charge is -2.10. The summed E-state index contributed by atoms with van der Waals surface area (Å²) in [6.07, 6.45) is 2.62. The Morgan fingerprint density at radius 2 is 2.45 bits per heavy atom. The maximum atomic E-state index is 5.33. The molecule has 0 saturated carbocycles. The van der Waals surface area contributed by atoms with E-state index >= 15 is 0 Å². The second-order valence-electron chi connectivity index (χ2n) is 2.60. The highest BCUT2D eigenvalue weighted by Gasteiger charge is 2.12. The molecular formula is C8H14N2O. The van der Waals surface area contributed by atoms with E-state index in [0.29, 0.717) is 0 Å². The molecule has 0 radical (unpaired) electrons. The zero-order chi connectivity index (χ0) is 8.27. The number of hydrogen-bond donors (Lipinski definition) is 2. The standard InChI is InChI=1S/C8H14N2O/c1-3-7(10-9)8-6(2)4-5-11-8/h4-5,7,10H,3,9H2,1-2H3. The van der Waals surface area contributed by atoms with Crippen LogP contribution in [0.4, 0.5) is 0 Å². The van der Waals surface area contributed by atoms with Crippen LogP contribution in [0.15, 0.2) is 16.7 Å². The van der Waals surface area contributed by atoms with E-state index in [2.05, 4.69) is 12.3 Å². The maximum absolute atomic E-state index is 5.33. The first kappa shape index (κ1) is 8.30. The van der Waals surface area contributed by atoms with Crippen LogP contribution in [0.3, 0.4) is 0 Å². The van der Waals surface area contributed by atoms with Gasteiger partial charge in [-0.15, -0.1) is 0 Å². The fourth-order valence-electron chi connectivity index (χ4n) is 1.12. The van der Waals surface area contributed by atoms with Gasteiger partial charge in [-0.2, -0.15) is 0 Å². The fraction of sp³-hybridized carbons (Fsp3) is 0.500. The lowest BCUT2D eigenvalue weighted by atomic mass is 10.1. The van der Waals surface area contributed by atoms with Gasteiger partial charge in [-0.25, -0.2) is 5.43 Å². The fourth-order valence-corrected chi connectivity index (χ4v) is 1.12. The van der Waals surface area contributed by atoms with Gasteiger partial charge < -0.3 is 4.42 Å². The van der Waals surface area contributed by atoms with Crippen LogP contribution in [-0.2, 0) is 0 Å². The van der Waals surface area contributed by atoms with Gasteiger partial charge in [0.2, 0.25) is 0 Å². The Labute approximate surface area is 66.5 Å². The van der Waals surface area contributed by atoms with Crippen molar-refractivity contribution in [2.75, 3.05) is 0 Å². The summed E-state index contributed by atoms with van der Waals surface area (Å²) in [4.78, 5) is 0. The summed E-state index contributed by atoms with van der Waals surface area (Å²) in [5, 5.41) is 0. The van der Waals surface area contributed by atoms with Gasteiger partial charge in [-0.1, -0.05) is 6.92 Å². The van der Waals surface area contributed by atoms with E-state index in [4.69, 9.17) is 10.3 Å². The Bertz CT molecular complexity index is 216. The molecule has 1 heterocycles. The van der Waals surface area contributed by atoms with Crippen molar-refractivity contribution >= 4 is 0 Å². The molecule has 0 fully saturated rings. The SMILES string of the molecule is CCC(NN)c1occc1C. The van der Waals surface area contributed by atoms with Gasteiger partial charge in [0.1, 0.15) is 5.76 Å². The normalized spacial score (nSPS) is 13.4.